The molecule has 3 nitrogen and oxygen atoms in total. The van der Waals surface area contributed by atoms with E-state index < -0.39 is 0 Å². The fourth-order valence-electron chi connectivity index (χ4n) is 2.51. The smallest absolute Gasteiger partial charge is 0.127 e. The number of hydrogen-bond acceptors (Lipinski definition) is 3. The molecule has 2 saturated carbocycles. The maximum Gasteiger partial charge on any atom is 0.127 e. The van der Waals surface area contributed by atoms with Gasteiger partial charge in [-0.05, 0) is 56.6 Å². The fraction of sp³-hybridized carbons (Fsp3) is 0.571. The predicted molar refractivity (Wildman–Crippen MR) is 66.5 cm³/mol. The van der Waals surface area contributed by atoms with E-state index in [2.05, 4.69) is 16.4 Å². The molecule has 2 aliphatic carbocycles. The number of hydrogen-bond donors (Lipinski definition) is 1. The normalized spacial score (nSPS) is 19.1. The highest BCUT2D eigenvalue weighted by Gasteiger charge is 2.41. The van der Waals surface area contributed by atoms with Crippen LogP contribution in [-0.4, -0.2) is 11.0 Å². The van der Waals surface area contributed by atoms with Gasteiger partial charge in [-0.25, -0.2) is 4.98 Å². The maximum atomic E-state index is 8.96. The second-order valence-electron chi connectivity index (χ2n) is 5.34. The van der Waals surface area contributed by atoms with Gasteiger partial charge in [0, 0.05) is 11.7 Å². The zero-order valence-corrected chi connectivity index (χ0v) is 10.1. The Bertz CT molecular complexity index is 455. The summed E-state index contributed by atoms with van der Waals surface area (Å²) in [4.78, 5) is 4.48. The van der Waals surface area contributed by atoms with Crippen molar-refractivity contribution in [3.63, 3.8) is 0 Å². The first kappa shape index (κ1) is 10.6. The summed E-state index contributed by atoms with van der Waals surface area (Å²) < 4.78 is 0. The third-order valence-electron chi connectivity index (χ3n) is 3.66. The molecule has 0 bridgehead atoms. The molecule has 0 spiro atoms. The SMILES string of the molecule is Cc1cc(C#N)cc(NC(C2CC2)C2CC2)n1. The summed E-state index contributed by atoms with van der Waals surface area (Å²) in [5.41, 5.74) is 1.61. The van der Waals surface area contributed by atoms with E-state index in [9.17, 15) is 0 Å². The van der Waals surface area contributed by atoms with Crippen LogP contribution in [0.25, 0.3) is 0 Å². The molecule has 3 rings (SSSR count). The molecule has 1 heterocycles. The number of nitriles is 1. The Morgan fingerprint density at radius 1 is 1.29 bits per heavy atom. The molecule has 0 radical (unpaired) electrons. The summed E-state index contributed by atoms with van der Waals surface area (Å²) in [6.07, 6.45) is 5.41. The van der Waals surface area contributed by atoms with Gasteiger partial charge in [0.25, 0.3) is 0 Å². The number of rotatable bonds is 4. The number of anilines is 1. The maximum absolute atomic E-state index is 8.96. The summed E-state index contributed by atoms with van der Waals surface area (Å²) in [7, 11) is 0. The molecule has 0 saturated heterocycles. The van der Waals surface area contributed by atoms with Gasteiger partial charge in [0.1, 0.15) is 5.82 Å². The van der Waals surface area contributed by atoms with Crippen LogP contribution in [0.4, 0.5) is 5.82 Å². The first-order valence-corrected chi connectivity index (χ1v) is 6.41. The topological polar surface area (TPSA) is 48.7 Å². The highest BCUT2D eigenvalue weighted by atomic mass is 15.0. The van der Waals surface area contributed by atoms with Crippen molar-refractivity contribution in [2.75, 3.05) is 5.32 Å². The summed E-state index contributed by atoms with van der Waals surface area (Å²) in [6.45, 7) is 1.94. The largest absolute Gasteiger partial charge is 0.367 e. The van der Waals surface area contributed by atoms with Crippen molar-refractivity contribution in [1.29, 1.82) is 5.26 Å². The van der Waals surface area contributed by atoms with Crippen LogP contribution in [0, 0.1) is 30.1 Å². The first-order valence-electron chi connectivity index (χ1n) is 6.41. The molecule has 3 heteroatoms. The molecule has 2 fully saturated rings. The highest BCUT2D eigenvalue weighted by Crippen LogP contribution is 2.45. The van der Waals surface area contributed by atoms with Crippen LogP contribution < -0.4 is 5.32 Å². The summed E-state index contributed by atoms with van der Waals surface area (Å²) in [5, 5.41) is 12.5. The average molecular weight is 227 g/mol. The van der Waals surface area contributed by atoms with Gasteiger partial charge in [-0.1, -0.05) is 0 Å². The third kappa shape index (κ3) is 2.41. The van der Waals surface area contributed by atoms with E-state index in [-0.39, 0.29) is 0 Å². The van der Waals surface area contributed by atoms with Crippen LogP contribution in [0.3, 0.4) is 0 Å². The molecule has 88 valence electrons. The van der Waals surface area contributed by atoms with Crippen molar-refractivity contribution < 1.29 is 0 Å². The zero-order chi connectivity index (χ0) is 11.8. The monoisotopic (exact) mass is 227 g/mol. The molecule has 17 heavy (non-hydrogen) atoms. The van der Waals surface area contributed by atoms with Gasteiger partial charge in [-0.15, -0.1) is 0 Å². The van der Waals surface area contributed by atoms with Crippen LogP contribution >= 0.6 is 0 Å². The molecule has 0 aromatic carbocycles. The number of nitrogens with zero attached hydrogens (tertiary/aromatic N) is 2. The Hall–Kier alpha value is -1.56. The van der Waals surface area contributed by atoms with E-state index in [0.717, 1.165) is 23.3 Å². The second kappa shape index (κ2) is 4.03. The minimum atomic E-state index is 0.593. The Kier molecular flexibility index (Phi) is 2.51. The van der Waals surface area contributed by atoms with E-state index >= 15 is 0 Å². The molecular weight excluding hydrogens is 210 g/mol. The minimum Gasteiger partial charge on any atom is -0.367 e. The van der Waals surface area contributed by atoms with E-state index in [0.29, 0.717) is 11.6 Å². The molecular formula is C14H17N3. The third-order valence-corrected chi connectivity index (χ3v) is 3.66. The van der Waals surface area contributed by atoms with Crippen LogP contribution in [0.1, 0.15) is 36.9 Å². The van der Waals surface area contributed by atoms with Crippen molar-refractivity contribution >= 4 is 5.82 Å². The number of aryl methyl sites for hydroxylation is 1. The van der Waals surface area contributed by atoms with Gasteiger partial charge < -0.3 is 5.32 Å². The van der Waals surface area contributed by atoms with Gasteiger partial charge in [-0.2, -0.15) is 5.26 Å². The van der Waals surface area contributed by atoms with Crippen molar-refractivity contribution in [3.8, 4) is 6.07 Å². The lowest BCUT2D eigenvalue weighted by Crippen LogP contribution is -2.24. The number of aromatic nitrogens is 1. The molecule has 0 atom stereocenters. The number of nitrogens with one attached hydrogen (secondary N) is 1. The van der Waals surface area contributed by atoms with Crippen molar-refractivity contribution in [2.24, 2.45) is 11.8 Å². The van der Waals surface area contributed by atoms with E-state index in [4.69, 9.17) is 5.26 Å². The molecule has 0 aliphatic heterocycles. The van der Waals surface area contributed by atoms with Gasteiger partial charge in [0.05, 0.1) is 11.6 Å². The molecule has 1 N–H and O–H groups in total. The first-order chi connectivity index (χ1) is 8.26. The van der Waals surface area contributed by atoms with Crippen molar-refractivity contribution in [1.82, 2.24) is 4.98 Å². The summed E-state index contributed by atoms with van der Waals surface area (Å²) >= 11 is 0. The highest BCUT2D eigenvalue weighted by molar-refractivity contribution is 5.45. The molecule has 0 unspecified atom stereocenters. The van der Waals surface area contributed by atoms with Crippen molar-refractivity contribution in [2.45, 2.75) is 38.6 Å². The van der Waals surface area contributed by atoms with Crippen LogP contribution in [0.2, 0.25) is 0 Å². The predicted octanol–water partition coefficient (Wildman–Crippen LogP) is 2.86. The lowest BCUT2D eigenvalue weighted by Gasteiger charge is -2.18. The van der Waals surface area contributed by atoms with Gasteiger partial charge in [0.2, 0.25) is 0 Å². The quantitative estimate of drug-likeness (QED) is 0.860. The van der Waals surface area contributed by atoms with Gasteiger partial charge in [-0.3, -0.25) is 0 Å². The Balaban J connectivity index is 1.78. The van der Waals surface area contributed by atoms with Gasteiger partial charge in [0.15, 0.2) is 0 Å². The Morgan fingerprint density at radius 2 is 1.94 bits per heavy atom. The molecule has 0 amide bonds. The Labute approximate surface area is 102 Å². The number of pyridine rings is 1. The van der Waals surface area contributed by atoms with E-state index in [1.807, 2.05) is 19.1 Å². The van der Waals surface area contributed by atoms with E-state index in [1.165, 1.54) is 25.7 Å². The standard InChI is InChI=1S/C14H17N3/c1-9-6-10(8-15)7-13(16-9)17-14(11-2-3-11)12-4-5-12/h6-7,11-12,14H,2-5H2,1H3,(H,16,17). The lowest BCUT2D eigenvalue weighted by molar-refractivity contribution is 0.565. The lowest BCUT2D eigenvalue weighted by atomic mass is 10.1. The average Bonchev–Trinajstić information content (AvgIpc) is 3.16. The summed E-state index contributed by atoms with van der Waals surface area (Å²) in [6, 6.07) is 6.48. The zero-order valence-electron chi connectivity index (χ0n) is 10.1. The molecule has 1 aromatic heterocycles. The van der Waals surface area contributed by atoms with E-state index in [1.54, 1.807) is 0 Å². The second-order valence-corrected chi connectivity index (χ2v) is 5.34. The van der Waals surface area contributed by atoms with Crippen LogP contribution in [0.15, 0.2) is 12.1 Å². The summed E-state index contributed by atoms with van der Waals surface area (Å²) in [5.74, 6) is 2.57. The molecule has 2 aliphatic rings. The fourth-order valence-corrected chi connectivity index (χ4v) is 2.51. The van der Waals surface area contributed by atoms with Crippen molar-refractivity contribution in [3.05, 3.63) is 23.4 Å². The minimum absolute atomic E-state index is 0.593. The Morgan fingerprint density at radius 3 is 2.47 bits per heavy atom. The van der Waals surface area contributed by atoms with Gasteiger partial charge >= 0.3 is 0 Å². The van der Waals surface area contributed by atoms with Crippen LogP contribution in [0.5, 0.6) is 0 Å². The molecule has 1 aromatic rings. The van der Waals surface area contributed by atoms with Crippen LogP contribution in [-0.2, 0) is 0 Å².